The number of aromatic nitrogens is 1. The van der Waals surface area contributed by atoms with E-state index in [1.165, 1.54) is 0 Å². The Morgan fingerprint density at radius 3 is 3.28 bits per heavy atom. The Kier molecular flexibility index (Phi) is 2.76. The molecule has 2 N–H and O–H groups in total. The van der Waals surface area contributed by atoms with Gasteiger partial charge in [0.2, 0.25) is 0 Å². The largest absolute Gasteiger partial charge is 0.480 e. The van der Waals surface area contributed by atoms with Gasteiger partial charge in [-0.2, -0.15) is 0 Å². The minimum atomic E-state index is -0.786. The summed E-state index contributed by atoms with van der Waals surface area (Å²) in [5.74, 6) is -0.566. The van der Waals surface area contributed by atoms with Crippen molar-refractivity contribution in [3.8, 4) is 0 Å². The molecule has 0 bridgehead atoms. The average molecular weight is 246 g/mol. The Hall–Kier alpha value is -1.88. The first-order chi connectivity index (χ1) is 8.75. The van der Waals surface area contributed by atoms with Crippen LogP contribution in [0.3, 0.4) is 0 Å². The highest BCUT2D eigenvalue weighted by atomic mass is 16.4. The molecule has 1 aliphatic heterocycles. The summed E-state index contributed by atoms with van der Waals surface area (Å²) < 4.78 is 5.49. The molecular formula is C13H14N2O3. The third-order valence-electron chi connectivity index (χ3n) is 3.55. The van der Waals surface area contributed by atoms with Crippen molar-refractivity contribution < 1.29 is 14.3 Å². The maximum Gasteiger partial charge on any atom is 0.320 e. The fourth-order valence-corrected chi connectivity index (χ4v) is 2.60. The molecule has 1 saturated heterocycles. The van der Waals surface area contributed by atoms with E-state index in [9.17, 15) is 4.79 Å². The van der Waals surface area contributed by atoms with E-state index < -0.39 is 12.0 Å². The highest BCUT2D eigenvalue weighted by molar-refractivity contribution is 5.81. The Labute approximate surface area is 104 Å². The lowest BCUT2D eigenvalue weighted by atomic mass is 9.86. The second kappa shape index (κ2) is 4.42. The number of aliphatic carboxylic acids is 1. The van der Waals surface area contributed by atoms with Crippen LogP contribution in [-0.2, 0) is 4.79 Å². The first-order valence-electron chi connectivity index (χ1n) is 6.03. The molecule has 2 atom stereocenters. The van der Waals surface area contributed by atoms with Crippen molar-refractivity contribution in [2.75, 3.05) is 6.54 Å². The van der Waals surface area contributed by atoms with Gasteiger partial charge in [-0.15, -0.1) is 0 Å². The van der Waals surface area contributed by atoms with E-state index in [1.807, 2.05) is 6.07 Å². The SMILES string of the molecule is O=C(O)C1CC(c2coc3ccncc23)CCN1. The van der Waals surface area contributed by atoms with Gasteiger partial charge >= 0.3 is 5.97 Å². The smallest absolute Gasteiger partial charge is 0.320 e. The summed E-state index contributed by atoms with van der Waals surface area (Å²) in [6.07, 6.45) is 6.73. The van der Waals surface area contributed by atoms with Crippen LogP contribution >= 0.6 is 0 Å². The van der Waals surface area contributed by atoms with Crippen molar-refractivity contribution in [3.63, 3.8) is 0 Å². The van der Waals surface area contributed by atoms with Gasteiger partial charge in [-0.05, 0) is 31.4 Å². The molecule has 0 amide bonds. The lowest BCUT2D eigenvalue weighted by Crippen LogP contribution is -2.42. The number of hydrogen-bond acceptors (Lipinski definition) is 4. The van der Waals surface area contributed by atoms with E-state index in [0.29, 0.717) is 13.0 Å². The number of hydrogen-bond donors (Lipinski definition) is 2. The first-order valence-corrected chi connectivity index (χ1v) is 6.03. The predicted octanol–water partition coefficient (Wildman–Crippen LogP) is 1.75. The van der Waals surface area contributed by atoms with Crippen LogP contribution in [0.15, 0.2) is 29.1 Å². The second-order valence-corrected chi connectivity index (χ2v) is 4.63. The number of carboxylic acid groups (broad SMARTS) is 1. The third kappa shape index (κ3) is 1.86. The molecule has 1 fully saturated rings. The Morgan fingerprint density at radius 2 is 2.44 bits per heavy atom. The van der Waals surface area contributed by atoms with Crippen LogP contribution in [-0.4, -0.2) is 28.6 Å². The van der Waals surface area contributed by atoms with E-state index >= 15 is 0 Å². The van der Waals surface area contributed by atoms with Gasteiger partial charge in [-0.1, -0.05) is 0 Å². The number of rotatable bonds is 2. The summed E-state index contributed by atoms with van der Waals surface area (Å²) >= 11 is 0. The number of pyridine rings is 1. The Bertz CT molecular complexity index is 578. The van der Waals surface area contributed by atoms with Crippen LogP contribution < -0.4 is 5.32 Å². The molecule has 3 heterocycles. The number of furan rings is 1. The normalized spacial score (nSPS) is 24.2. The van der Waals surface area contributed by atoms with Crippen molar-refractivity contribution in [1.82, 2.24) is 10.3 Å². The molecule has 2 aromatic rings. The fraction of sp³-hybridized carbons (Fsp3) is 0.385. The van der Waals surface area contributed by atoms with Crippen LogP contribution in [0, 0.1) is 0 Å². The summed E-state index contributed by atoms with van der Waals surface area (Å²) in [5, 5.41) is 13.1. The number of carboxylic acids is 1. The van der Waals surface area contributed by atoms with Gasteiger partial charge in [-0.3, -0.25) is 9.78 Å². The summed E-state index contributed by atoms with van der Waals surface area (Å²) in [6.45, 7) is 0.717. The van der Waals surface area contributed by atoms with Crippen LogP contribution in [0.1, 0.15) is 24.3 Å². The van der Waals surface area contributed by atoms with Crippen molar-refractivity contribution in [1.29, 1.82) is 0 Å². The monoisotopic (exact) mass is 246 g/mol. The number of fused-ring (bicyclic) bond motifs is 1. The van der Waals surface area contributed by atoms with E-state index in [1.54, 1.807) is 18.7 Å². The van der Waals surface area contributed by atoms with Crippen molar-refractivity contribution in [3.05, 3.63) is 30.3 Å². The van der Waals surface area contributed by atoms with E-state index in [0.717, 1.165) is 23.0 Å². The molecule has 0 spiro atoms. The first kappa shape index (κ1) is 11.2. The molecule has 0 aliphatic carbocycles. The zero-order valence-electron chi connectivity index (χ0n) is 9.80. The van der Waals surface area contributed by atoms with E-state index in [2.05, 4.69) is 10.3 Å². The van der Waals surface area contributed by atoms with E-state index in [-0.39, 0.29) is 5.92 Å². The molecule has 3 rings (SSSR count). The van der Waals surface area contributed by atoms with Crippen molar-refractivity contribution in [2.24, 2.45) is 0 Å². The quantitative estimate of drug-likeness (QED) is 0.844. The summed E-state index contributed by atoms with van der Waals surface area (Å²) in [6, 6.07) is 1.36. The number of nitrogens with zero attached hydrogens (tertiary/aromatic N) is 1. The van der Waals surface area contributed by atoms with E-state index in [4.69, 9.17) is 9.52 Å². The minimum absolute atomic E-state index is 0.220. The van der Waals surface area contributed by atoms with Crippen molar-refractivity contribution >= 4 is 16.9 Å². The zero-order valence-corrected chi connectivity index (χ0v) is 9.80. The number of nitrogens with one attached hydrogen (secondary N) is 1. The molecular weight excluding hydrogens is 232 g/mol. The van der Waals surface area contributed by atoms with Gasteiger partial charge in [-0.25, -0.2) is 0 Å². The van der Waals surface area contributed by atoms with Crippen LogP contribution in [0.25, 0.3) is 11.0 Å². The summed E-state index contributed by atoms with van der Waals surface area (Å²) in [5.41, 5.74) is 1.89. The molecule has 0 radical (unpaired) electrons. The number of carbonyl (C=O) groups is 1. The van der Waals surface area contributed by atoms with Crippen LogP contribution in [0.5, 0.6) is 0 Å². The number of piperidine rings is 1. The minimum Gasteiger partial charge on any atom is -0.480 e. The molecule has 0 aromatic carbocycles. The molecule has 0 saturated carbocycles. The van der Waals surface area contributed by atoms with Gasteiger partial charge in [0.05, 0.1) is 6.26 Å². The molecule has 2 unspecified atom stereocenters. The van der Waals surface area contributed by atoms with Gasteiger partial charge in [0, 0.05) is 23.3 Å². The Morgan fingerprint density at radius 1 is 1.56 bits per heavy atom. The standard InChI is InChI=1S/C13H14N2O3/c16-13(17)11-5-8(1-4-15-11)10-7-18-12-2-3-14-6-9(10)12/h2-3,6-8,11,15H,1,4-5H2,(H,16,17). The van der Waals surface area contributed by atoms with Gasteiger partial charge < -0.3 is 14.8 Å². The van der Waals surface area contributed by atoms with Crippen molar-refractivity contribution in [2.45, 2.75) is 24.8 Å². The molecule has 18 heavy (non-hydrogen) atoms. The molecule has 94 valence electrons. The lowest BCUT2D eigenvalue weighted by molar-refractivity contribution is -0.140. The average Bonchev–Trinajstić information content (AvgIpc) is 2.82. The Balaban J connectivity index is 1.92. The maximum atomic E-state index is 11.0. The van der Waals surface area contributed by atoms with Gasteiger partial charge in [0.15, 0.2) is 0 Å². The topological polar surface area (TPSA) is 75.4 Å². The highest BCUT2D eigenvalue weighted by Gasteiger charge is 2.29. The maximum absolute atomic E-state index is 11.0. The zero-order chi connectivity index (χ0) is 12.5. The van der Waals surface area contributed by atoms with Gasteiger partial charge in [0.25, 0.3) is 0 Å². The molecule has 5 heteroatoms. The highest BCUT2D eigenvalue weighted by Crippen LogP contribution is 2.33. The van der Waals surface area contributed by atoms with Crippen LogP contribution in [0.2, 0.25) is 0 Å². The molecule has 2 aromatic heterocycles. The molecule has 5 nitrogen and oxygen atoms in total. The lowest BCUT2D eigenvalue weighted by Gasteiger charge is -2.27. The summed E-state index contributed by atoms with van der Waals surface area (Å²) in [4.78, 5) is 15.1. The van der Waals surface area contributed by atoms with Crippen LogP contribution in [0.4, 0.5) is 0 Å². The fourth-order valence-electron chi connectivity index (χ4n) is 2.60. The third-order valence-corrected chi connectivity index (χ3v) is 3.55. The van der Waals surface area contributed by atoms with Gasteiger partial charge in [0.1, 0.15) is 11.6 Å². The summed E-state index contributed by atoms with van der Waals surface area (Å²) in [7, 11) is 0. The molecule has 1 aliphatic rings. The second-order valence-electron chi connectivity index (χ2n) is 4.63. The predicted molar refractivity (Wildman–Crippen MR) is 65.4 cm³/mol.